The highest BCUT2D eigenvalue weighted by molar-refractivity contribution is 5.94. The van der Waals surface area contributed by atoms with Gasteiger partial charge in [0.2, 0.25) is 0 Å². The van der Waals surface area contributed by atoms with Gasteiger partial charge in [-0.15, -0.1) is 0 Å². The van der Waals surface area contributed by atoms with Crippen molar-refractivity contribution in [3.63, 3.8) is 0 Å². The lowest BCUT2D eigenvalue weighted by molar-refractivity contribution is -0.137. The number of piperidine rings is 1. The lowest BCUT2D eigenvalue weighted by Gasteiger charge is -2.32. The second kappa shape index (κ2) is 8.88. The lowest BCUT2D eigenvalue weighted by Crippen LogP contribution is -2.49. The molecular formula is C23H22F3N3O5. The number of methoxy groups -OCH3 is 1. The van der Waals surface area contributed by atoms with Crippen LogP contribution in [-0.2, 0) is 10.9 Å². The van der Waals surface area contributed by atoms with Crippen LogP contribution in [0.3, 0.4) is 0 Å². The highest BCUT2D eigenvalue weighted by Gasteiger charge is 2.53. The van der Waals surface area contributed by atoms with E-state index in [1.807, 2.05) is 0 Å². The van der Waals surface area contributed by atoms with Crippen molar-refractivity contribution in [3.05, 3.63) is 59.7 Å². The topological polar surface area (TPSA) is 99.2 Å². The maximum Gasteiger partial charge on any atom is 0.416 e. The summed E-state index contributed by atoms with van der Waals surface area (Å²) in [5.74, 6) is -1.21. The van der Waals surface area contributed by atoms with E-state index in [1.165, 1.54) is 42.3 Å². The molecule has 4 rings (SSSR count). The number of nitrogens with zero attached hydrogens (tertiary/aromatic N) is 2. The molecule has 2 bridgehead atoms. The highest BCUT2D eigenvalue weighted by Crippen LogP contribution is 2.43. The van der Waals surface area contributed by atoms with Crippen molar-refractivity contribution in [1.29, 1.82) is 0 Å². The number of ether oxygens (including phenoxy) is 1. The number of carbonyl (C=O) groups is 3. The first kappa shape index (κ1) is 23.4. The molecule has 0 aromatic heterocycles. The highest BCUT2D eigenvalue weighted by atomic mass is 19.4. The number of rotatable bonds is 4. The normalized spacial score (nSPS) is 21.3. The number of alkyl halides is 3. The Labute approximate surface area is 192 Å². The van der Waals surface area contributed by atoms with Crippen LogP contribution in [0.4, 0.5) is 34.1 Å². The zero-order valence-electron chi connectivity index (χ0n) is 18.1. The molecule has 0 radical (unpaired) electrons. The molecule has 2 aromatic rings. The molecule has 3 unspecified atom stereocenters. The molecule has 3 atom stereocenters. The maximum absolute atomic E-state index is 13.0. The zero-order valence-corrected chi connectivity index (χ0v) is 18.1. The van der Waals surface area contributed by atoms with Crippen molar-refractivity contribution in [2.24, 2.45) is 5.92 Å². The quantitative estimate of drug-likeness (QED) is 0.667. The fourth-order valence-corrected chi connectivity index (χ4v) is 4.81. The standard InChI is InChI=1S/C23H22F3N3O5/c1-34-22(33)29(17-4-2-3-13(11-17)20(30)31)19-14-5-10-18(19)28(12-14)21(32)27-16-8-6-15(7-9-16)23(24,25)26/h2-4,6-9,11,14,18-19H,5,10,12H2,1H3,(H,27,32)(H,30,31). The summed E-state index contributed by atoms with van der Waals surface area (Å²) in [6.07, 6.45) is -3.78. The first-order valence-corrected chi connectivity index (χ1v) is 10.6. The minimum Gasteiger partial charge on any atom is -0.478 e. The van der Waals surface area contributed by atoms with Crippen molar-refractivity contribution >= 4 is 29.5 Å². The molecule has 2 N–H and O–H groups in total. The maximum atomic E-state index is 13.0. The third kappa shape index (κ3) is 4.37. The molecule has 2 fully saturated rings. The number of amides is 3. The molecule has 2 aromatic carbocycles. The SMILES string of the molecule is COC(=O)N(c1cccc(C(=O)O)c1)C1C2CCC1N(C(=O)Nc1ccc(C(F)(F)F)cc1)C2. The molecule has 1 aliphatic heterocycles. The summed E-state index contributed by atoms with van der Waals surface area (Å²) in [5.41, 5.74) is -0.244. The largest absolute Gasteiger partial charge is 0.478 e. The van der Waals surface area contributed by atoms with Crippen LogP contribution in [-0.4, -0.2) is 53.8 Å². The fraction of sp³-hybridized carbons (Fsp3) is 0.348. The van der Waals surface area contributed by atoms with Gasteiger partial charge in [0.15, 0.2) is 0 Å². The molecule has 11 heteroatoms. The van der Waals surface area contributed by atoms with Gasteiger partial charge >= 0.3 is 24.3 Å². The van der Waals surface area contributed by atoms with Crippen molar-refractivity contribution in [1.82, 2.24) is 4.90 Å². The van der Waals surface area contributed by atoms with Crippen LogP contribution in [0, 0.1) is 5.92 Å². The molecular weight excluding hydrogens is 455 g/mol. The van der Waals surface area contributed by atoms with Crippen LogP contribution < -0.4 is 10.2 Å². The summed E-state index contributed by atoms with van der Waals surface area (Å²) < 4.78 is 43.3. The van der Waals surface area contributed by atoms with Gasteiger partial charge < -0.3 is 20.1 Å². The fourth-order valence-electron chi connectivity index (χ4n) is 4.81. The Kier molecular flexibility index (Phi) is 6.11. The molecule has 1 aliphatic carbocycles. The molecule has 1 saturated carbocycles. The van der Waals surface area contributed by atoms with E-state index in [0.29, 0.717) is 18.7 Å². The number of urea groups is 1. The number of carboxylic acid groups (broad SMARTS) is 1. The number of nitrogens with one attached hydrogen (secondary N) is 1. The number of fused-ring (bicyclic) bond motifs is 2. The molecule has 1 heterocycles. The molecule has 34 heavy (non-hydrogen) atoms. The van der Waals surface area contributed by atoms with E-state index in [1.54, 1.807) is 11.0 Å². The molecule has 8 nitrogen and oxygen atoms in total. The van der Waals surface area contributed by atoms with Crippen LogP contribution in [0.1, 0.15) is 28.8 Å². The Morgan fingerprint density at radius 1 is 1.12 bits per heavy atom. The number of aromatic carboxylic acids is 1. The Bertz CT molecular complexity index is 1110. The van der Waals surface area contributed by atoms with E-state index in [0.717, 1.165) is 18.6 Å². The summed E-state index contributed by atoms with van der Waals surface area (Å²) >= 11 is 0. The van der Waals surface area contributed by atoms with Gasteiger partial charge in [0.1, 0.15) is 0 Å². The van der Waals surface area contributed by atoms with Crippen molar-refractivity contribution < 1.29 is 37.4 Å². The number of benzene rings is 2. The average molecular weight is 477 g/mol. The number of hydrogen-bond acceptors (Lipinski definition) is 4. The Morgan fingerprint density at radius 3 is 2.44 bits per heavy atom. The second-order valence-corrected chi connectivity index (χ2v) is 8.25. The third-order valence-electron chi connectivity index (χ3n) is 6.31. The first-order chi connectivity index (χ1) is 16.1. The van der Waals surface area contributed by atoms with Gasteiger partial charge in [-0.1, -0.05) is 6.07 Å². The van der Waals surface area contributed by atoms with Crippen LogP contribution >= 0.6 is 0 Å². The summed E-state index contributed by atoms with van der Waals surface area (Å²) in [4.78, 5) is 40.0. The number of carboxylic acids is 1. The molecule has 2 aliphatic rings. The number of anilines is 2. The van der Waals surface area contributed by atoms with E-state index >= 15 is 0 Å². The van der Waals surface area contributed by atoms with Gasteiger partial charge in [-0.25, -0.2) is 14.4 Å². The summed E-state index contributed by atoms with van der Waals surface area (Å²) in [6.45, 7) is 0.341. The Balaban J connectivity index is 1.55. The summed E-state index contributed by atoms with van der Waals surface area (Å²) in [5, 5.41) is 11.9. The number of hydrogen-bond donors (Lipinski definition) is 2. The number of carbonyl (C=O) groups excluding carboxylic acids is 2. The van der Waals surface area contributed by atoms with Crippen molar-refractivity contribution in [2.45, 2.75) is 31.1 Å². The second-order valence-electron chi connectivity index (χ2n) is 8.25. The van der Waals surface area contributed by atoms with Crippen LogP contribution in [0.15, 0.2) is 48.5 Å². The smallest absolute Gasteiger partial charge is 0.416 e. The minimum absolute atomic E-state index is 0.00801. The van der Waals surface area contributed by atoms with Gasteiger partial charge in [0, 0.05) is 17.9 Å². The van der Waals surface area contributed by atoms with Gasteiger partial charge in [-0.05, 0) is 61.2 Å². The summed E-state index contributed by atoms with van der Waals surface area (Å²) in [6, 6.07) is 8.79. The number of halogens is 3. The van der Waals surface area contributed by atoms with Gasteiger partial charge in [-0.3, -0.25) is 4.90 Å². The monoisotopic (exact) mass is 477 g/mol. The van der Waals surface area contributed by atoms with E-state index in [9.17, 15) is 32.7 Å². The van der Waals surface area contributed by atoms with Crippen LogP contribution in [0.5, 0.6) is 0 Å². The van der Waals surface area contributed by atoms with Crippen LogP contribution in [0.2, 0.25) is 0 Å². The third-order valence-corrected chi connectivity index (χ3v) is 6.31. The van der Waals surface area contributed by atoms with E-state index < -0.39 is 35.9 Å². The molecule has 180 valence electrons. The lowest BCUT2D eigenvalue weighted by atomic mass is 10.0. The number of likely N-dealkylation sites (tertiary alicyclic amines) is 1. The Hall–Kier alpha value is -3.76. The predicted molar refractivity (Wildman–Crippen MR) is 116 cm³/mol. The Morgan fingerprint density at radius 2 is 1.82 bits per heavy atom. The molecule has 1 saturated heterocycles. The van der Waals surface area contributed by atoms with Crippen molar-refractivity contribution in [3.8, 4) is 0 Å². The minimum atomic E-state index is -4.47. The predicted octanol–water partition coefficient (Wildman–Crippen LogP) is 4.67. The zero-order chi connectivity index (χ0) is 24.6. The molecule has 3 amide bonds. The van der Waals surface area contributed by atoms with E-state index in [2.05, 4.69) is 5.32 Å². The van der Waals surface area contributed by atoms with E-state index in [-0.39, 0.29) is 23.2 Å². The van der Waals surface area contributed by atoms with Crippen molar-refractivity contribution in [2.75, 3.05) is 23.9 Å². The van der Waals surface area contributed by atoms with Gasteiger partial charge in [0.25, 0.3) is 0 Å². The van der Waals surface area contributed by atoms with Gasteiger partial charge in [-0.2, -0.15) is 13.2 Å². The first-order valence-electron chi connectivity index (χ1n) is 10.6. The van der Waals surface area contributed by atoms with Crippen LogP contribution in [0.25, 0.3) is 0 Å². The average Bonchev–Trinajstić information content (AvgIpc) is 3.37. The molecule has 0 spiro atoms. The van der Waals surface area contributed by atoms with E-state index in [4.69, 9.17) is 4.74 Å². The van der Waals surface area contributed by atoms with Gasteiger partial charge in [0.05, 0.1) is 30.3 Å². The summed E-state index contributed by atoms with van der Waals surface area (Å²) in [7, 11) is 1.22.